The van der Waals surface area contributed by atoms with Gasteiger partial charge >= 0.3 is 0 Å². The molecule has 0 saturated carbocycles. The highest BCUT2D eigenvalue weighted by atomic mass is 35.5. The number of benzene rings is 1. The van der Waals surface area contributed by atoms with Crippen LogP contribution < -0.4 is 16.0 Å². The predicted molar refractivity (Wildman–Crippen MR) is 103 cm³/mol. The first-order chi connectivity index (χ1) is 11.6. The van der Waals surface area contributed by atoms with Crippen LogP contribution in [0.15, 0.2) is 24.3 Å². The number of rotatable bonds is 7. The van der Waals surface area contributed by atoms with Crippen LogP contribution in [0.25, 0.3) is 0 Å². The molecule has 1 heterocycles. The standard InChI is InChI=1S/C18H26ClN3O2.ClH/c1-13(14-6-8-20-9-7-14)12-17(23)21-10-11-22-18(24)15-4-2-3-5-16(15)19;/h2-5,13-14,20H,6-12H2,1H3,(H,21,23)(H,22,24);1H. The van der Waals surface area contributed by atoms with Crippen molar-refractivity contribution in [3.8, 4) is 0 Å². The number of nitrogens with one attached hydrogen (secondary N) is 3. The largest absolute Gasteiger partial charge is 0.354 e. The van der Waals surface area contributed by atoms with Crippen molar-refractivity contribution in [1.82, 2.24) is 16.0 Å². The van der Waals surface area contributed by atoms with Crippen LogP contribution in [0.2, 0.25) is 5.02 Å². The molecular formula is C18H27Cl2N3O2. The highest BCUT2D eigenvalue weighted by Gasteiger charge is 2.21. The van der Waals surface area contributed by atoms with Gasteiger partial charge in [-0.15, -0.1) is 12.4 Å². The minimum Gasteiger partial charge on any atom is -0.354 e. The van der Waals surface area contributed by atoms with E-state index >= 15 is 0 Å². The van der Waals surface area contributed by atoms with Crippen molar-refractivity contribution in [1.29, 1.82) is 0 Å². The molecule has 0 bridgehead atoms. The molecule has 0 radical (unpaired) electrons. The number of halogens is 2. The smallest absolute Gasteiger partial charge is 0.252 e. The third-order valence-electron chi connectivity index (χ3n) is 4.55. The Hall–Kier alpha value is -1.30. The van der Waals surface area contributed by atoms with Crippen LogP contribution in [0.1, 0.15) is 36.5 Å². The molecule has 0 aliphatic carbocycles. The van der Waals surface area contributed by atoms with Gasteiger partial charge in [0.1, 0.15) is 0 Å². The Balaban J connectivity index is 0.00000312. The number of piperidine rings is 1. The van der Waals surface area contributed by atoms with Crippen LogP contribution in [0, 0.1) is 11.8 Å². The van der Waals surface area contributed by atoms with Gasteiger partial charge in [0.25, 0.3) is 5.91 Å². The van der Waals surface area contributed by atoms with E-state index in [0.29, 0.717) is 41.9 Å². The van der Waals surface area contributed by atoms with E-state index in [2.05, 4.69) is 22.9 Å². The molecule has 3 N–H and O–H groups in total. The number of carbonyl (C=O) groups excluding carboxylic acids is 2. The summed E-state index contributed by atoms with van der Waals surface area (Å²) in [5.41, 5.74) is 0.449. The van der Waals surface area contributed by atoms with Crippen molar-refractivity contribution >= 4 is 35.8 Å². The second kappa shape index (κ2) is 11.3. The molecule has 7 heteroatoms. The first-order valence-corrected chi connectivity index (χ1v) is 8.96. The van der Waals surface area contributed by atoms with Gasteiger partial charge in [-0.25, -0.2) is 0 Å². The Labute approximate surface area is 160 Å². The van der Waals surface area contributed by atoms with Crippen LogP contribution in [-0.4, -0.2) is 38.0 Å². The molecule has 2 amide bonds. The van der Waals surface area contributed by atoms with Gasteiger partial charge in [-0.3, -0.25) is 9.59 Å². The summed E-state index contributed by atoms with van der Waals surface area (Å²) in [5.74, 6) is 0.840. The van der Waals surface area contributed by atoms with Crippen molar-refractivity contribution in [3.63, 3.8) is 0 Å². The summed E-state index contributed by atoms with van der Waals surface area (Å²) in [5, 5.41) is 9.41. The molecule has 2 rings (SSSR count). The van der Waals surface area contributed by atoms with Crippen molar-refractivity contribution in [3.05, 3.63) is 34.9 Å². The van der Waals surface area contributed by atoms with Crippen LogP contribution in [-0.2, 0) is 4.79 Å². The minimum absolute atomic E-state index is 0. The van der Waals surface area contributed by atoms with E-state index < -0.39 is 0 Å². The van der Waals surface area contributed by atoms with E-state index in [9.17, 15) is 9.59 Å². The van der Waals surface area contributed by atoms with Crippen molar-refractivity contribution in [2.24, 2.45) is 11.8 Å². The fourth-order valence-electron chi connectivity index (χ4n) is 3.06. The van der Waals surface area contributed by atoms with Gasteiger partial charge in [0.15, 0.2) is 0 Å². The molecule has 5 nitrogen and oxygen atoms in total. The van der Waals surface area contributed by atoms with Crippen LogP contribution in [0.5, 0.6) is 0 Å². The number of carbonyl (C=O) groups is 2. The van der Waals surface area contributed by atoms with E-state index in [4.69, 9.17) is 11.6 Å². The summed E-state index contributed by atoms with van der Waals surface area (Å²) in [7, 11) is 0. The summed E-state index contributed by atoms with van der Waals surface area (Å²) < 4.78 is 0. The molecule has 140 valence electrons. The Morgan fingerprint density at radius 2 is 1.84 bits per heavy atom. The Bertz CT molecular complexity index is 563. The van der Waals surface area contributed by atoms with E-state index in [0.717, 1.165) is 25.9 Å². The summed E-state index contributed by atoms with van der Waals surface area (Å²) in [6, 6.07) is 6.91. The lowest BCUT2D eigenvalue weighted by atomic mass is 9.84. The van der Waals surface area contributed by atoms with Crippen molar-refractivity contribution in [2.45, 2.75) is 26.2 Å². The summed E-state index contributed by atoms with van der Waals surface area (Å²) in [4.78, 5) is 24.0. The second-order valence-electron chi connectivity index (χ2n) is 6.35. The minimum atomic E-state index is -0.224. The number of hydrogen-bond acceptors (Lipinski definition) is 3. The molecule has 0 aromatic heterocycles. The first-order valence-electron chi connectivity index (χ1n) is 8.58. The Morgan fingerprint density at radius 1 is 1.20 bits per heavy atom. The second-order valence-corrected chi connectivity index (χ2v) is 6.76. The number of amides is 2. The van der Waals surface area contributed by atoms with Gasteiger partial charge in [0, 0.05) is 19.5 Å². The van der Waals surface area contributed by atoms with Gasteiger partial charge in [0.05, 0.1) is 10.6 Å². The zero-order valence-corrected chi connectivity index (χ0v) is 16.1. The van der Waals surface area contributed by atoms with Crippen molar-refractivity contribution < 1.29 is 9.59 Å². The van der Waals surface area contributed by atoms with Crippen LogP contribution in [0.3, 0.4) is 0 Å². The fraction of sp³-hybridized carbons (Fsp3) is 0.556. The van der Waals surface area contributed by atoms with E-state index in [1.807, 2.05) is 0 Å². The average Bonchev–Trinajstić information content (AvgIpc) is 2.59. The highest BCUT2D eigenvalue weighted by molar-refractivity contribution is 6.33. The lowest BCUT2D eigenvalue weighted by Gasteiger charge is -2.27. The predicted octanol–water partition coefficient (Wildman–Crippen LogP) is 2.63. The molecule has 1 aliphatic rings. The quantitative estimate of drug-likeness (QED) is 0.629. The molecule has 1 aromatic rings. The maximum atomic E-state index is 12.0. The van der Waals surface area contributed by atoms with Crippen LogP contribution in [0.4, 0.5) is 0 Å². The molecule has 1 saturated heterocycles. The van der Waals surface area contributed by atoms with Gasteiger partial charge in [0.2, 0.25) is 5.91 Å². The van der Waals surface area contributed by atoms with Crippen molar-refractivity contribution in [2.75, 3.05) is 26.2 Å². The molecule has 1 fully saturated rings. The van der Waals surface area contributed by atoms with E-state index in [1.165, 1.54) is 0 Å². The molecule has 25 heavy (non-hydrogen) atoms. The van der Waals surface area contributed by atoms with Gasteiger partial charge in [-0.2, -0.15) is 0 Å². The zero-order valence-electron chi connectivity index (χ0n) is 14.5. The number of hydrogen-bond donors (Lipinski definition) is 3. The topological polar surface area (TPSA) is 70.2 Å². The van der Waals surface area contributed by atoms with E-state index in [1.54, 1.807) is 24.3 Å². The molecule has 1 atom stereocenters. The average molecular weight is 388 g/mol. The lowest BCUT2D eigenvalue weighted by molar-refractivity contribution is -0.122. The van der Waals surface area contributed by atoms with Gasteiger partial charge < -0.3 is 16.0 Å². The molecular weight excluding hydrogens is 361 g/mol. The SMILES string of the molecule is CC(CC(=O)NCCNC(=O)c1ccccc1Cl)C1CCNCC1.Cl. The maximum Gasteiger partial charge on any atom is 0.252 e. The van der Waals surface area contributed by atoms with Gasteiger partial charge in [-0.1, -0.05) is 30.7 Å². The summed E-state index contributed by atoms with van der Waals surface area (Å²) >= 11 is 5.98. The fourth-order valence-corrected chi connectivity index (χ4v) is 3.28. The molecule has 1 aliphatic heterocycles. The normalized spacial score (nSPS) is 15.8. The lowest BCUT2D eigenvalue weighted by Crippen LogP contribution is -2.37. The third-order valence-corrected chi connectivity index (χ3v) is 4.88. The zero-order chi connectivity index (χ0) is 17.4. The maximum absolute atomic E-state index is 12.0. The van der Waals surface area contributed by atoms with Crippen LogP contribution >= 0.6 is 24.0 Å². The van der Waals surface area contributed by atoms with Gasteiger partial charge in [-0.05, 0) is 49.9 Å². The Morgan fingerprint density at radius 3 is 2.52 bits per heavy atom. The Kier molecular flexibility index (Phi) is 9.86. The summed E-state index contributed by atoms with van der Waals surface area (Å²) in [6.45, 7) is 5.05. The highest BCUT2D eigenvalue weighted by Crippen LogP contribution is 2.24. The first kappa shape index (κ1) is 21.7. The van der Waals surface area contributed by atoms with E-state index in [-0.39, 0.29) is 24.2 Å². The molecule has 1 unspecified atom stereocenters. The molecule has 0 spiro atoms. The molecule has 1 aromatic carbocycles. The summed E-state index contributed by atoms with van der Waals surface area (Å²) in [6.07, 6.45) is 2.83. The third kappa shape index (κ3) is 7.22. The monoisotopic (exact) mass is 387 g/mol.